The normalized spacial score (nSPS) is 14.6. The van der Waals surface area contributed by atoms with Gasteiger partial charge < -0.3 is 9.13 Å². The Kier molecular flexibility index (Phi) is 5.86. The molecule has 0 spiro atoms. The summed E-state index contributed by atoms with van der Waals surface area (Å²) in [4.78, 5) is 4.36. The summed E-state index contributed by atoms with van der Waals surface area (Å²) in [6, 6.07) is 10.3. The summed E-state index contributed by atoms with van der Waals surface area (Å²) >= 11 is 0. The molecule has 0 aliphatic rings. The van der Waals surface area contributed by atoms with Crippen molar-refractivity contribution in [3.63, 3.8) is 0 Å². The van der Waals surface area contributed by atoms with Crippen LogP contribution in [-0.2, 0) is 24.2 Å². The van der Waals surface area contributed by atoms with Crippen LogP contribution in [0.1, 0.15) is 45.0 Å². The van der Waals surface area contributed by atoms with Crippen LogP contribution in [0.5, 0.6) is 0 Å². The van der Waals surface area contributed by atoms with Crippen LogP contribution in [0, 0.1) is 0 Å². The molecule has 23 heavy (non-hydrogen) atoms. The van der Waals surface area contributed by atoms with Gasteiger partial charge in [-0.1, -0.05) is 51.1 Å². The zero-order chi connectivity index (χ0) is 16.9. The Labute approximate surface area is 140 Å². The van der Waals surface area contributed by atoms with E-state index in [2.05, 4.69) is 42.5 Å². The summed E-state index contributed by atoms with van der Waals surface area (Å²) in [6.45, 7) is 6.36. The minimum Gasteiger partial charge on any atom is -0.338 e. The molecule has 3 nitrogen and oxygen atoms in total. The Balaban J connectivity index is 1.96. The van der Waals surface area contributed by atoms with Gasteiger partial charge in [0, 0.05) is 43.3 Å². The van der Waals surface area contributed by atoms with Gasteiger partial charge in [-0.05, 0) is 18.4 Å². The van der Waals surface area contributed by atoms with Crippen molar-refractivity contribution in [1.82, 2.24) is 9.55 Å². The molecule has 0 bridgehead atoms. The summed E-state index contributed by atoms with van der Waals surface area (Å²) in [6.07, 6.45) is 8.33. The SMILES string of the molecule is Cn1ccnc1CCCCP(=O)(Cc1ccccc1)C(C)(C)C. The molecule has 126 valence electrons. The lowest BCUT2D eigenvalue weighted by Gasteiger charge is -2.32. The summed E-state index contributed by atoms with van der Waals surface area (Å²) < 4.78 is 15.7. The molecule has 1 atom stereocenters. The van der Waals surface area contributed by atoms with E-state index in [1.54, 1.807) is 0 Å². The molecular weight excluding hydrogens is 303 g/mol. The molecule has 0 aliphatic heterocycles. The van der Waals surface area contributed by atoms with Crippen molar-refractivity contribution in [2.24, 2.45) is 7.05 Å². The van der Waals surface area contributed by atoms with Gasteiger partial charge in [0.25, 0.3) is 0 Å². The van der Waals surface area contributed by atoms with Crippen LogP contribution < -0.4 is 0 Å². The molecule has 2 rings (SSSR count). The molecule has 0 saturated carbocycles. The Hall–Kier alpha value is -1.34. The highest BCUT2D eigenvalue weighted by Crippen LogP contribution is 2.60. The van der Waals surface area contributed by atoms with Crippen LogP contribution in [0.25, 0.3) is 0 Å². The van der Waals surface area contributed by atoms with E-state index < -0.39 is 7.14 Å². The number of unbranched alkanes of at least 4 members (excludes halogenated alkanes) is 1. The van der Waals surface area contributed by atoms with Crippen molar-refractivity contribution in [3.05, 3.63) is 54.1 Å². The smallest absolute Gasteiger partial charge is 0.108 e. The van der Waals surface area contributed by atoms with Gasteiger partial charge in [0.1, 0.15) is 5.82 Å². The first-order chi connectivity index (χ1) is 10.8. The molecule has 0 saturated heterocycles. The van der Waals surface area contributed by atoms with Crippen LogP contribution >= 0.6 is 7.14 Å². The lowest BCUT2D eigenvalue weighted by Crippen LogP contribution is -2.19. The first-order valence-corrected chi connectivity index (χ1v) is 10.5. The third kappa shape index (κ3) is 4.81. The number of imidazole rings is 1. The van der Waals surface area contributed by atoms with E-state index in [1.165, 1.54) is 5.56 Å². The van der Waals surface area contributed by atoms with Crippen molar-refractivity contribution in [2.75, 3.05) is 6.16 Å². The van der Waals surface area contributed by atoms with E-state index in [-0.39, 0.29) is 5.16 Å². The summed E-state index contributed by atoms with van der Waals surface area (Å²) in [5.74, 6) is 1.11. The maximum Gasteiger partial charge on any atom is 0.108 e. The number of aromatic nitrogens is 2. The number of hydrogen-bond donors (Lipinski definition) is 0. The minimum absolute atomic E-state index is 0.147. The molecule has 1 unspecified atom stereocenters. The van der Waals surface area contributed by atoms with Crippen molar-refractivity contribution < 1.29 is 4.57 Å². The van der Waals surface area contributed by atoms with Gasteiger partial charge in [0.2, 0.25) is 0 Å². The molecule has 1 heterocycles. The van der Waals surface area contributed by atoms with E-state index in [9.17, 15) is 4.57 Å². The molecule has 2 aromatic rings. The Morgan fingerprint density at radius 2 is 1.83 bits per heavy atom. The fourth-order valence-corrected chi connectivity index (χ4v) is 5.66. The highest BCUT2D eigenvalue weighted by Gasteiger charge is 2.35. The van der Waals surface area contributed by atoms with Crippen LogP contribution in [0.2, 0.25) is 0 Å². The van der Waals surface area contributed by atoms with Crippen LogP contribution in [0.3, 0.4) is 0 Å². The molecule has 0 amide bonds. The van der Waals surface area contributed by atoms with Gasteiger partial charge in [0.05, 0.1) is 7.14 Å². The molecule has 0 N–H and O–H groups in total. The van der Waals surface area contributed by atoms with Crippen LogP contribution in [-0.4, -0.2) is 20.9 Å². The van der Waals surface area contributed by atoms with Gasteiger partial charge in [-0.15, -0.1) is 0 Å². The Morgan fingerprint density at radius 1 is 1.13 bits per heavy atom. The van der Waals surface area contributed by atoms with E-state index in [0.29, 0.717) is 6.16 Å². The van der Waals surface area contributed by atoms with Crippen LogP contribution in [0.4, 0.5) is 0 Å². The largest absolute Gasteiger partial charge is 0.338 e. The van der Waals surface area contributed by atoms with Gasteiger partial charge in [-0.2, -0.15) is 0 Å². The summed E-state index contributed by atoms with van der Waals surface area (Å²) in [5.41, 5.74) is 1.19. The predicted molar refractivity (Wildman–Crippen MR) is 98.5 cm³/mol. The third-order valence-corrected chi connectivity index (χ3v) is 8.95. The molecule has 0 radical (unpaired) electrons. The topological polar surface area (TPSA) is 34.9 Å². The van der Waals surface area contributed by atoms with E-state index in [4.69, 9.17) is 0 Å². The fraction of sp³-hybridized carbons (Fsp3) is 0.526. The first-order valence-electron chi connectivity index (χ1n) is 8.40. The van der Waals surface area contributed by atoms with E-state index in [1.807, 2.05) is 37.6 Å². The van der Waals surface area contributed by atoms with E-state index in [0.717, 1.165) is 31.2 Å². The van der Waals surface area contributed by atoms with Gasteiger partial charge in [-0.25, -0.2) is 4.98 Å². The second-order valence-electron chi connectivity index (χ2n) is 7.34. The zero-order valence-corrected chi connectivity index (χ0v) is 15.7. The second kappa shape index (κ2) is 7.49. The lowest BCUT2D eigenvalue weighted by atomic mass is 10.2. The summed E-state index contributed by atoms with van der Waals surface area (Å²) in [5, 5.41) is -0.147. The molecular formula is C19H29N2OP. The Morgan fingerprint density at radius 3 is 2.39 bits per heavy atom. The van der Waals surface area contributed by atoms with Crippen molar-refractivity contribution in [2.45, 2.75) is 51.4 Å². The lowest BCUT2D eigenvalue weighted by molar-refractivity contribution is 0.543. The zero-order valence-electron chi connectivity index (χ0n) is 14.8. The highest BCUT2D eigenvalue weighted by molar-refractivity contribution is 7.64. The van der Waals surface area contributed by atoms with Crippen molar-refractivity contribution in [3.8, 4) is 0 Å². The number of rotatable bonds is 7. The van der Waals surface area contributed by atoms with Crippen molar-refractivity contribution in [1.29, 1.82) is 0 Å². The average Bonchev–Trinajstić information content (AvgIpc) is 2.89. The molecule has 4 heteroatoms. The number of nitrogens with zero attached hydrogens (tertiary/aromatic N) is 2. The molecule has 1 aromatic carbocycles. The third-order valence-electron chi connectivity index (χ3n) is 4.59. The van der Waals surface area contributed by atoms with Crippen LogP contribution in [0.15, 0.2) is 42.7 Å². The van der Waals surface area contributed by atoms with Gasteiger partial charge in [0.15, 0.2) is 0 Å². The fourth-order valence-electron chi connectivity index (χ4n) is 2.82. The van der Waals surface area contributed by atoms with E-state index >= 15 is 0 Å². The van der Waals surface area contributed by atoms with Gasteiger partial charge in [-0.3, -0.25) is 0 Å². The standard InChI is InChI=1S/C19H29N2OP/c1-19(2,3)23(22,16-17-10-6-5-7-11-17)15-9-8-12-18-20-13-14-21(18)4/h5-7,10-11,13-14H,8-9,12,15-16H2,1-4H3. The predicted octanol–water partition coefficient (Wildman–Crippen LogP) is 5.10. The maximum absolute atomic E-state index is 13.6. The summed E-state index contributed by atoms with van der Waals surface area (Å²) in [7, 11) is -0.245. The quantitative estimate of drug-likeness (QED) is 0.522. The van der Waals surface area contributed by atoms with Gasteiger partial charge >= 0.3 is 0 Å². The molecule has 0 aliphatic carbocycles. The number of benzene rings is 1. The highest BCUT2D eigenvalue weighted by atomic mass is 31.2. The Bertz CT molecular complexity index is 656. The molecule has 1 aromatic heterocycles. The average molecular weight is 332 g/mol. The van der Waals surface area contributed by atoms with Crippen molar-refractivity contribution >= 4 is 7.14 Å². The first kappa shape index (κ1) is 18.0. The molecule has 0 fully saturated rings. The number of aryl methyl sites for hydroxylation is 2. The minimum atomic E-state index is -2.27. The maximum atomic E-state index is 13.6. The monoisotopic (exact) mass is 332 g/mol. The number of hydrogen-bond acceptors (Lipinski definition) is 2. The second-order valence-corrected chi connectivity index (χ2v) is 11.2.